The number of fused-ring (bicyclic) bond motifs is 2. The van der Waals surface area contributed by atoms with E-state index in [9.17, 15) is 0 Å². The summed E-state index contributed by atoms with van der Waals surface area (Å²) in [4.78, 5) is 9.21. The molecule has 28 heavy (non-hydrogen) atoms. The lowest BCUT2D eigenvalue weighted by molar-refractivity contribution is 0.264. The van der Waals surface area contributed by atoms with E-state index in [1.807, 2.05) is 48.0 Å². The van der Waals surface area contributed by atoms with Crippen molar-refractivity contribution >= 4 is 33.7 Å². The molecular weight excluding hydrogens is 380 g/mol. The molecule has 0 aliphatic heterocycles. The zero-order valence-electron chi connectivity index (χ0n) is 15.1. The molecule has 0 N–H and O–H groups in total. The highest BCUT2D eigenvalue weighted by Crippen LogP contribution is 2.30. The van der Waals surface area contributed by atoms with Crippen molar-refractivity contribution in [1.82, 2.24) is 39.3 Å². The van der Waals surface area contributed by atoms with Gasteiger partial charge in [0.15, 0.2) is 0 Å². The summed E-state index contributed by atoms with van der Waals surface area (Å²) in [5, 5.41) is 12.2. The zero-order chi connectivity index (χ0) is 19.3. The fraction of sp³-hybridized carbons (Fsp3) is 0.167. The Kier molecular flexibility index (Phi) is 3.76. The minimum absolute atomic E-state index is 0.234. The van der Waals surface area contributed by atoms with Crippen molar-refractivity contribution in [3.05, 3.63) is 53.3 Å². The summed E-state index contributed by atoms with van der Waals surface area (Å²) in [5.74, 6) is 1.26. The molecule has 3 aromatic heterocycles. The number of halogens is 1. The van der Waals surface area contributed by atoms with Gasteiger partial charge in [0.05, 0.1) is 21.6 Å². The van der Waals surface area contributed by atoms with Gasteiger partial charge in [-0.25, -0.2) is 14.2 Å². The number of hydrogen-bond donors (Lipinski definition) is 0. The second-order valence-electron chi connectivity index (χ2n) is 6.30. The van der Waals surface area contributed by atoms with Gasteiger partial charge in [-0.3, -0.25) is 0 Å². The van der Waals surface area contributed by atoms with Crippen LogP contribution in [0.5, 0.6) is 6.01 Å². The predicted molar refractivity (Wildman–Crippen MR) is 103 cm³/mol. The Hall–Kier alpha value is -3.46. The molecule has 0 amide bonds. The van der Waals surface area contributed by atoms with Crippen molar-refractivity contribution in [3.63, 3.8) is 0 Å². The molecule has 0 unspecified atom stereocenters. The van der Waals surface area contributed by atoms with E-state index in [0.29, 0.717) is 22.5 Å². The molecule has 0 fully saturated rings. The topological polar surface area (TPSA) is 88.5 Å². The van der Waals surface area contributed by atoms with Crippen molar-refractivity contribution < 1.29 is 4.74 Å². The van der Waals surface area contributed by atoms with E-state index < -0.39 is 0 Å². The van der Waals surface area contributed by atoms with Gasteiger partial charge in [0.2, 0.25) is 0 Å². The highest BCUT2D eigenvalue weighted by molar-refractivity contribution is 6.35. The molecule has 0 saturated carbocycles. The molecule has 2 aromatic carbocycles. The highest BCUT2D eigenvalue weighted by Gasteiger charge is 2.20. The average Bonchev–Trinajstić information content (AvgIpc) is 3.36. The first-order chi connectivity index (χ1) is 13.6. The molecule has 9 nitrogen and oxygen atoms in total. The number of rotatable bonds is 4. The maximum absolute atomic E-state index is 6.33. The van der Waals surface area contributed by atoms with Gasteiger partial charge in [0.25, 0.3) is 5.95 Å². The normalized spacial score (nSPS) is 11.5. The third kappa shape index (κ3) is 2.51. The number of aromatic nitrogens is 8. The summed E-state index contributed by atoms with van der Waals surface area (Å²) in [5.41, 5.74) is 3.32. The van der Waals surface area contributed by atoms with Crippen molar-refractivity contribution in [2.24, 2.45) is 14.1 Å². The Balaban J connectivity index is 1.59. The summed E-state index contributed by atoms with van der Waals surface area (Å²) >= 11 is 6.33. The SMILES string of the molecule is Cn1nnnc1-n1c(OCc2nc3ccccc3n2C)nc2c(Cl)cccc21. The van der Waals surface area contributed by atoms with E-state index in [4.69, 9.17) is 16.3 Å². The van der Waals surface area contributed by atoms with Crippen LogP contribution in [0.2, 0.25) is 5.02 Å². The molecular formula is C18H15ClN8O. The second kappa shape index (κ2) is 6.31. The lowest BCUT2D eigenvalue weighted by atomic mass is 10.3. The number of aryl methyl sites for hydroxylation is 2. The Bertz CT molecular complexity index is 1320. The Morgan fingerprint density at radius 2 is 1.82 bits per heavy atom. The molecule has 0 aliphatic carbocycles. The van der Waals surface area contributed by atoms with Crippen LogP contribution in [0.3, 0.4) is 0 Å². The van der Waals surface area contributed by atoms with Crippen molar-refractivity contribution in [3.8, 4) is 12.0 Å². The fourth-order valence-corrected chi connectivity index (χ4v) is 3.41. The van der Waals surface area contributed by atoms with Gasteiger partial charge in [-0.2, -0.15) is 4.98 Å². The highest BCUT2D eigenvalue weighted by atomic mass is 35.5. The number of nitrogens with zero attached hydrogens (tertiary/aromatic N) is 8. The van der Waals surface area contributed by atoms with Gasteiger partial charge in [-0.15, -0.1) is 0 Å². The van der Waals surface area contributed by atoms with Crippen LogP contribution in [0.15, 0.2) is 42.5 Å². The lowest BCUT2D eigenvalue weighted by Crippen LogP contribution is -2.10. The molecule has 3 heterocycles. The number of hydrogen-bond acceptors (Lipinski definition) is 6. The number of tetrazole rings is 1. The fourth-order valence-electron chi connectivity index (χ4n) is 3.20. The van der Waals surface area contributed by atoms with Crippen LogP contribution < -0.4 is 4.74 Å². The van der Waals surface area contributed by atoms with Crippen LogP contribution >= 0.6 is 11.6 Å². The summed E-state index contributed by atoms with van der Waals surface area (Å²) in [6.45, 7) is 0.234. The minimum atomic E-state index is 0.234. The van der Waals surface area contributed by atoms with Crippen LogP contribution in [0, 0.1) is 0 Å². The summed E-state index contributed by atoms with van der Waals surface area (Å²) in [7, 11) is 3.71. The first-order valence-electron chi connectivity index (χ1n) is 8.56. The zero-order valence-corrected chi connectivity index (χ0v) is 15.9. The van der Waals surface area contributed by atoms with E-state index in [1.54, 1.807) is 22.4 Å². The van der Waals surface area contributed by atoms with Gasteiger partial charge in [-0.1, -0.05) is 34.9 Å². The third-order valence-electron chi connectivity index (χ3n) is 4.61. The lowest BCUT2D eigenvalue weighted by Gasteiger charge is -2.08. The predicted octanol–water partition coefficient (Wildman–Crippen LogP) is 2.67. The number of para-hydroxylation sites is 3. The van der Waals surface area contributed by atoms with Gasteiger partial charge in [0, 0.05) is 14.1 Å². The molecule has 10 heteroatoms. The molecule has 5 aromatic rings. The van der Waals surface area contributed by atoms with E-state index >= 15 is 0 Å². The molecule has 0 atom stereocenters. The molecule has 0 aliphatic rings. The van der Waals surface area contributed by atoms with E-state index in [-0.39, 0.29) is 6.61 Å². The molecule has 0 radical (unpaired) electrons. The van der Waals surface area contributed by atoms with Crippen LogP contribution in [0.4, 0.5) is 0 Å². The Morgan fingerprint density at radius 3 is 2.61 bits per heavy atom. The van der Waals surface area contributed by atoms with Crippen LogP contribution in [0.25, 0.3) is 28.0 Å². The maximum atomic E-state index is 6.33. The van der Waals surface area contributed by atoms with Crippen LogP contribution in [-0.4, -0.2) is 39.3 Å². The summed E-state index contributed by atoms with van der Waals surface area (Å²) in [6, 6.07) is 13.8. The number of benzene rings is 2. The smallest absolute Gasteiger partial charge is 0.305 e. The van der Waals surface area contributed by atoms with Gasteiger partial charge < -0.3 is 9.30 Å². The van der Waals surface area contributed by atoms with E-state index in [2.05, 4.69) is 25.5 Å². The van der Waals surface area contributed by atoms with Crippen molar-refractivity contribution in [1.29, 1.82) is 0 Å². The number of imidazole rings is 2. The van der Waals surface area contributed by atoms with Gasteiger partial charge in [-0.05, 0) is 34.7 Å². The molecule has 140 valence electrons. The van der Waals surface area contributed by atoms with Crippen LogP contribution in [0.1, 0.15) is 5.82 Å². The van der Waals surface area contributed by atoms with E-state index in [1.165, 1.54) is 0 Å². The Morgan fingerprint density at radius 1 is 1.00 bits per heavy atom. The van der Waals surface area contributed by atoms with Crippen LogP contribution in [-0.2, 0) is 20.7 Å². The quantitative estimate of drug-likeness (QED) is 0.465. The standard InChI is InChI=1S/C18H15ClN8O/c1-25-13-8-4-3-7-12(13)20-15(25)10-28-18-21-16-11(19)6-5-9-14(16)27(18)17-22-23-24-26(17)2/h3-9H,10H2,1-2H3. The largest absolute Gasteiger partial charge is 0.456 e. The number of ether oxygens (including phenoxy) is 1. The van der Waals surface area contributed by atoms with Crippen molar-refractivity contribution in [2.75, 3.05) is 0 Å². The molecule has 0 spiro atoms. The van der Waals surface area contributed by atoms with Crippen molar-refractivity contribution in [2.45, 2.75) is 6.61 Å². The van der Waals surface area contributed by atoms with E-state index in [0.717, 1.165) is 22.4 Å². The third-order valence-corrected chi connectivity index (χ3v) is 4.92. The Labute approximate surface area is 164 Å². The first-order valence-corrected chi connectivity index (χ1v) is 8.94. The maximum Gasteiger partial charge on any atom is 0.305 e. The van der Waals surface area contributed by atoms with Gasteiger partial charge >= 0.3 is 6.01 Å². The minimum Gasteiger partial charge on any atom is -0.456 e. The van der Waals surface area contributed by atoms with Gasteiger partial charge in [0.1, 0.15) is 17.9 Å². The molecule has 0 bridgehead atoms. The first kappa shape index (κ1) is 16.7. The summed E-state index contributed by atoms with van der Waals surface area (Å²) in [6.07, 6.45) is 0. The summed E-state index contributed by atoms with van der Waals surface area (Å²) < 4.78 is 11.3. The average molecular weight is 395 g/mol. The molecule has 5 rings (SSSR count). The molecule has 0 saturated heterocycles. The second-order valence-corrected chi connectivity index (χ2v) is 6.71. The monoisotopic (exact) mass is 394 g/mol.